The van der Waals surface area contributed by atoms with Gasteiger partial charge in [0.05, 0.1) is 11.4 Å². The first kappa shape index (κ1) is 17.9. The summed E-state index contributed by atoms with van der Waals surface area (Å²) in [5.41, 5.74) is 1.71. The van der Waals surface area contributed by atoms with E-state index in [2.05, 4.69) is 15.5 Å². The summed E-state index contributed by atoms with van der Waals surface area (Å²) in [6.45, 7) is 1.94. The fourth-order valence-corrected chi connectivity index (χ4v) is 4.49. The van der Waals surface area contributed by atoms with E-state index in [1.807, 2.05) is 19.1 Å². The monoisotopic (exact) mass is 370 g/mol. The third-order valence-electron chi connectivity index (χ3n) is 4.60. The molecule has 1 heterocycles. The highest BCUT2D eigenvalue weighted by atomic mass is 32.2. The molecule has 1 fully saturated rings. The first-order valence-electron chi connectivity index (χ1n) is 8.19. The predicted octanol–water partition coefficient (Wildman–Crippen LogP) is 2.71. The van der Waals surface area contributed by atoms with Crippen LogP contribution in [0.2, 0.25) is 0 Å². The molecule has 0 amide bonds. The number of hydrogen-bond donors (Lipinski definition) is 0. The van der Waals surface area contributed by atoms with Crippen LogP contribution in [0.3, 0.4) is 0 Å². The predicted molar refractivity (Wildman–Crippen MR) is 88.3 cm³/mol. The fourth-order valence-electron chi connectivity index (χ4n) is 3.13. The Morgan fingerprint density at radius 1 is 1.28 bits per heavy atom. The van der Waals surface area contributed by atoms with Crippen molar-refractivity contribution in [1.82, 2.24) is 20.2 Å². The maximum atomic E-state index is 13.6. The van der Waals surface area contributed by atoms with E-state index in [0.717, 1.165) is 5.56 Å². The minimum Gasteiger partial charge on any atom is -0.228 e. The molecule has 2 aromatic rings. The molecule has 0 saturated heterocycles. The Hall–Kier alpha value is -1.90. The summed E-state index contributed by atoms with van der Waals surface area (Å²) in [5.74, 6) is -4.07. The minimum atomic E-state index is -3.58. The summed E-state index contributed by atoms with van der Waals surface area (Å²) in [6.07, 6.45) is 0.651. The Morgan fingerprint density at radius 2 is 2.00 bits per heavy atom. The lowest BCUT2D eigenvalue weighted by molar-refractivity contribution is -0.0374. The van der Waals surface area contributed by atoms with Crippen LogP contribution in [0.5, 0.6) is 0 Å². The molecule has 6 nitrogen and oxygen atoms in total. The van der Waals surface area contributed by atoms with Gasteiger partial charge in [-0.3, -0.25) is 0 Å². The Kier molecular flexibility index (Phi) is 4.86. The van der Waals surface area contributed by atoms with Gasteiger partial charge in [-0.05, 0) is 48.7 Å². The standard InChI is InChI=1S/C16H20F2N4O2S/c1-12-4-6-14(7-5-12)22-15(19-20-21-22)11-25(23,24)10-8-13-3-2-9-16(13,17)18/h4-7,13H,2-3,8-11H2,1H3. The van der Waals surface area contributed by atoms with Crippen LogP contribution in [-0.4, -0.2) is 40.3 Å². The van der Waals surface area contributed by atoms with Gasteiger partial charge in [0, 0.05) is 12.3 Å². The van der Waals surface area contributed by atoms with Crippen molar-refractivity contribution in [3.05, 3.63) is 35.7 Å². The second-order valence-corrected chi connectivity index (χ2v) is 8.76. The lowest BCUT2D eigenvalue weighted by atomic mass is 10.0. The summed E-state index contributed by atoms with van der Waals surface area (Å²) >= 11 is 0. The molecule has 136 valence electrons. The van der Waals surface area contributed by atoms with E-state index < -0.39 is 21.7 Å². The average molecular weight is 370 g/mol. The lowest BCUT2D eigenvalue weighted by Crippen LogP contribution is -2.25. The Morgan fingerprint density at radius 3 is 2.64 bits per heavy atom. The molecule has 1 aliphatic rings. The Labute approximate surface area is 145 Å². The highest BCUT2D eigenvalue weighted by Gasteiger charge is 2.43. The largest absolute Gasteiger partial charge is 0.250 e. The van der Waals surface area contributed by atoms with Crippen molar-refractivity contribution in [2.24, 2.45) is 5.92 Å². The highest BCUT2D eigenvalue weighted by molar-refractivity contribution is 7.90. The molecule has 9 heteroatoms. The molecule has 3 rings (SSSR count). The van der Waals surface area contributed by atoms with Gasteiger partial charge in [-0.15, -0.1) is 5.10 Å². The number of alkyl halides is 2. The normalized spacial score (nSPS) is 20.0. The zero-order valence-electron chi connectivity index (χ0n) is 13.9. The molecule has 0 N–H and O–H groups in total. The van der Waals surface area contributed by atoms with Crippen molar-refractivity contribution in [3.8, 4) is 5.69 Å². The second kappa shape index (κ2) is 6.78. The van der Waals surface area contributed by atoms with Crippen molar-refractivity contribution in [1.29, 1.82) is 0 Å². The highest BCUT2D eigenvalue weighted by Crippen LogP contribution is 2.42. The quantitative estimate of drug-likeness (QED) is 0.781. The summed E-state index contributed by atoms with van der Waals surface area (Å²) < 4.78 is 53.4. The minimum absolute atomic E-state index is 0.0264. The first-order chi connectivity index (χ1) is 11.8. The molecule has 1 aliphatic carbocycles. The molecule has 0 aliphatic heterocycles. The van der Waals surface area contributed by atoms with Crippen molar-refractivity contribution >= 4 is 9.84 Å². The van der Waals surface area contributed by atoms with E-state index in [1.54, 1.807) is 12.1 Å². The SMILES string of the molecule is Cc1ccc(-n2nnnc2CS(=O)(=O)CCC2CCCC2(F)F)cc1. The van der Waals surface area contributed by atoms with Crippen molar-refractivity contribution < 1.29 is 17.2 Å². The van der Waals surface area contributed by atoms with Crippen LogP contribution < -0.4 is 0 Å². The van der Waals surface area contributed by atoms with Crippen LogP contribution in [-0.2, 0) is 15.6 Å². The van der Waals surface area contributed by atoms with Crippen LogP contribution in [0.1, 0.15) is 37.1 Å². The number of aryl methyl sites for hydroxylation is 1. The molecule has 25 heavy (non-hydrogen) atoms. The maximum Gasteiger partial charge on any atom is 0.250 e. The van der Waals surface area contributed by atoms with Gasteiger partial charge in [0.2, 0.25) is 0 Å². The Bertz CT molecular complexity index is 834. The van der Waals surface area contributed by atoms with E-state index in [4.69, 9.17) is 0 Å². The molecular weight excluding hydrogens is 350 g/mol. The summed E-state index contributed by atoms with van der Waals surface area (Å²) in [5, 5.41) is 11.2. The number of aromatic nitrogens is 4. The van der Waals surface area contributed by atoms with Crippen molar-refractivity contribution in [2.75, 3.05) is 5.75 Å². The summed E-state index contributed by atoms with van der Waals surface area (Å²) in [7, 11) is -3.58. The van der Waals surface area contributed by atoms with Crippen LogP contribution in [0.4, 0.5) is 8.78 Å². The van der Waals surface area contributed by atoms with Gasteiger partial charge in [0.1, 0.15) is 5.75 Å². The zero-order chi connectivity index (χ0) is 18.1. The van der Waals surface area contributed by atoms with Gasteiger partial charge >= 0.3 is 0 Å². The second-order valence-electron chi connectivity index (χ2n) is 6.57. The molecule has 0 spiro atoms. The zero-order valence-corrected chi connectivity index (χ0v) is 14.7. The number of halogens is 2. The molecule has 0 radical (unpaired) electrons. The number of rotatable bonds is 6. The third-order valence-corrected chi connectivity index (χ3v) is 6.15. The van der Waals surface area contributed by atoms with E-state index in [-0.39, 0.29) is 30.2 Å². The van der Waals surface area contributed by atoms with Gasteiger partial charge in [-0.1, -0.05) is 17.7 Å². The number of nitrogens with zero attached hydrogens (tertiary/aromatic N) is 4. The van der Waals surface area contributed by atoms with Gasteiger partial charge in [0.15, 0.2) is 15.7 Å². The summed E-state index contributed by atoms with van der Waals surface area (Å²) in [6, 6.07) is 7.33. The summed E-state index contributed by atoms with van der Waals surface area (Å²) in [4.78, 5) is 0. The van der Waals surface area contributed by atoms with Crippen LogP contribution in [0.15, 0.2) is 24.3 Å². The number of tetrazole rings is 1. The topological polar surface area (TPSA) is 77.7 Å². The van der Waals surface area contributed by atoms with E-state index in [9.17, 15) is 17.2 Å². The molecule has 1 aromatic heterocycles. The van der Waals surface area contributed by atoms with Crippen LogP contribution in [0.25, 0.3) is 5.69 Å². The van der Waals surface area contributed by atoms with Crippen LogP contribution >= 0.6 is 0 Å². The van der Waals surface area contributed by atoms with Gasteiger partial charge < -0.3 is 0 Å². The molecule has 1 aromatic carbocycles. The molecule has 1 saturated carbocycles. The number of benzene rings is 1. The van der Waals surface area contributed by atoms with E-state index >= 15 is 0 Å². The Balaban J connectivity index is 1.69. The van der Waals surface area contributed by atoms with Gasteiger partial charge in [0.25, 0.3) is 5.92 Å². The van der Waals surface area contributed by atoms with Crippen molar-refractivity contribution in [2.45, 2.75) is 44.3 Å². The molecule has 0 bridgehead atoms. The number of hydrogen-bond acceptors (Lipinski definition) is 5. The van der Waals surface area contributed by atoms with Gasteiger partial charge in [-0.2, -0.15) is 4.68 Å². The smallest absolute Gasteiger partial charge is 0.228 e. The van der Waals surface area contributed by atoms with E-state index in [1.165, 1.54) is 4.68 Å². The molecule has 1 unspecified atom stereocenters. The molecular formula is C16H20F2N4O2S. The lowest BCUT2D eigenvalue weighted by Gasteiger charge is -2.18. The van der Waals surface area contributed by atoms with Crippen LogP contribution in [0, 0.1) is 12.8 Å². The number of sulfone groups is 1. The molecule has 1 atom stereocenters. The maximum absolute atomic E-state index is 13.6. The third kappa shape index (κ3) is 4.20. The van der Waals surface area contributed by atoms with E-state index in [0.29, 0.717) is 18.5 Å². The fraction of sp³-hybridized carbons (Fsp3) is 0.562. The van der Waals surface area contributed by atoms with Gasteiger partial charge in [-0.25, -0.2) is 17.2 Å². The van der Waals surface area contributed by atoms with Crippen molar-refractivity contribution in [3.63, 3.8) is 0 Å². The average Bonchev–Trinajstić information content (AvgIpc) is 3.11. The first-order valence-corrected chi connectivity index (χ1v) is 10.0.